The summed E-state index contributed by atoms with van der Waals surface area (Å²) in [4.78, 5) is 15.3. The van der Waals surface area contributed by atoms with Crippen LogP contribution < -0.4 is 11.1 Å². The maximum atomic E-state index is 12.1. The summed E-state index contributed by atoms with van der Waals surface area (Å²) in [5.41, 5.74) is 8.08. The molecule has 0 aliphatic heterocycles. The predicted octanol–water partition coefficient (Wildman–Crippen LogP) is 1.41. The zero-order valence-corrected chi connectivity index (χ0v) is 11.7. The summed E-state index contributed by atoms with van der Waals surface area (Å²) >= 11 is 0. The van der Waals surface area contributed by atoms with Crippen LogP contribution in [0.1, 0.15) is 5.56 Å². The lowest BCUT2D eigenvalue weighted by Crippen LogP contribution is -2.37. The second-order valence-electron chi connectivity index (χ2n) is 5.03. The number of carbonyl (C=O) groups excluding carboxylic acids is 1. The lowest BCUT2D eigenvalue weighted by Gasteiger charge is -2.10. The highest BCUT2D eigenvalue weighted by molar-refractivity contribution is 5.94. The molecule has 0 aliphatic carbocycles. The quantitative estimate of drug-likeness (QED) is 0.676. The number of carbonyl (C=O) groups is 1. The van der Waals surface area contributed by atoms with Gasteiger partial charge in [-0.2, -0.15) is 5.10 Å². The lowest BCUT2D eigenvalue weighted by atomic mass is 10.1. The smallest absolute Gasteiger partial charge is 0.242 e. The fraction of sp³-hybridized carbons (Fsp3) is 0.200. The Balaban J connectivity index is 1.70. The number of para-hydroxylation sites is 1. The maximum Gasteiger partial charge on any atom is 0.242 e. The number of amides is 1. The Morgan fingerprint density at radius 1 is 1.43 bits per heavy atom. The largest absolute Gasteiger partial charge is 0.361 e. The molecule has 3 rings (SSSR count). The van der Waals surface area contributed by atoms with E-state index in [-0.39, 0.29) is 5.91 Å². The second-order valence-corrected chi connectivity index (χ2v) is 5.03. The average Bonchev–Trinajstić information content (AvgIpc) is 3.06. The van der Waals surface area contributed by atoms with Gasteiger partial charge in [-0.3, -0.25) is 9.48 Å². The number of fused-ring (bicyclic) bond motifs is 1. The van der Waals surface area contributed by atoms with E-state index >= 15 is 0 Å². The van der Waals surface area contributed by atoms with Crippen LogP contribution in [0.25, 0.3) is 10.9 Å². The van der Waals surface area contributed by atoms with Gasteiger partial charge in [0.15, 0.2) is 5.82 Å². The molecule has 2 heterocycles. The van der Waals surface area contributed by atoms with Gasteiger partial charge < -0.3 is 16.0 Å². The third kappa shape index (κ3) is 2.80. The molecule has 0 aliphatic rings. The first-order valence-electron chi connectivity index (χ1n) is 6.74. The summed E-state index contributed by atoms with van der Waals surface area (Å²) < 4.78 is 1.63. The molecular formula is C15H17N5O. The Hall–Kier alpha value is -2.60. The number of H-pyrrole nitrogens is 1. The van der Waals surface area contributed by atoms with Crippen molar-refractivity contribution in [2.75, 3.05) is 5.32 Å². The average molecular weight is 283 g/mol. The van der Waals surface area contributed by atoms with Gasteiger partial charge in [0.1, 0.15) is 0 Å². The Kier molecular flexibility index (Phi) is 3.45. The van der Waals surface area contributed by atoms with E-state index < -0.39 is 6.04 Å². The van der Waals surface area contributed by atoms with E-state index in [0.717, 1.165) is 16.5 Å². The number of nitrogens with zero attached hydrogens (tertiary/aromatic N) is 2. The van der Waals surface area contributed by atoms with Crippen molar-refractivity contribution in [1.29, 1.82) is 0 Å². The van der Waals surface area contributed by atoms with E-state index in [1.165, 1.54) is 0 Å². The van der Waals surface area contributed by atoms with Gasteiger partial charge >= 0.3 is 0 Å². The molecule has 0 bridgehead atoms. The molecule has 1 atom stereocenters. The van der Waals surface area contributed by atoms with E-state index in [0.29, 0.717) is 12.2 Å². The monoisotopic (exact) mass is 283 g/mol. The number of nitrogens with two attached hydrogens (primary N) is 1. The summed E-state index contributed by atoms with van der Waals surface area (Å²) in [5, 5.41) is 7.92. The van der Waals surface area contributed by atoms with Crippen LogP contribution in [0.2, 0.25) is 0 Å². The van der Waals surface area contributed by atoms with Crippen LogP contribution in [0.15, 0.2) is 42.7 Å². The molecule has 108 valence electrons. The van der Waals surface area contributed by atoms with Gasteiger partial charge in [-0.1, -0.05) is 18.2 Å². The molecule has 1 amide bonds. The van der Waals surface area contributed by atoms with Gasteiger partial charge in [0.2, 0.25) is 5.91 Å². The molecule has 3 aromatic rings. The molecule has 2 aromatic heterocycles. The highest BCUT2D eigenvalue weighted by atomic mass is 16.2. The molecule has 0 radical (unpaired) electrons. The molecule has 0 saturated carbocycles. The molecule has 6 nitrogen and oxygen atoms in total. The van der Waals surface area contributed by atoms with Crippen LogP contribution in [0.4, 0.5) is 5.82 Å². The molecule has 1 unspecified atom stereocenters. The zero-order chi connectivity index (χ0) is 14.8. The van der Waals surface area contributed by atoms with Crippen LogP contribution in [-0.2, 0) is 18.3 Å². The van der Waals surface area contributed by atoms with E-state index in [1.807, 2.05) is 30.5 Å². The van der Waals surface area contributed by atoms with E-state index in [9.17, 15) is 4.79 Å². The summed E-state index contributed by atoms with van der Waals surface area (Å²) in [6.07, 6.45) is 4.14. The molecule has 1 aromatic carbocycles. The number of hydrogen-bond acceptors (Lipinski definition) is 3. The maximum absolute atomic E-state index is 12.1. The number of aromatic amines is 1. The fourth-order valence-corrected chi connectivity index (χ4v) is 2.33. The van der Waals surface area contributed by atoms with Crippen molar-refractivity contribution in [3.05, 3.63) is 48.3 Å². The third-order valence-electron chi connectivity index (χ3n) is 3.42. The summed E-state index contributed by atoms with van der Waals surface area (Å²) in [5.74, 6) is 0.274. The highest BCUT2D eigenvalue weighted by Gasteiger charge is 2.17. The fourth-order valence-electron chi connectivity index (χ4n) is 2.33. The van der Waals surface area contributed by atoms with E-state index in [4.69, 9.17) is 5.73 Å². The molecule has 4 N–H and O–H groups in total. The van der Waals surface area contributed by atoms with Crippen molar-refractivity contribution in [2.24, 2.45) is 12.8 Å². The van der Waals surface area contributed by atoms with Crippen molar-refractivity contribution in [1.82, 2.24) is 14.8 Å². The van der Waals surface area contributed by atoms with Crippen LogP contribution >= 0.6 is 0 Å². The second kappa shape index (κ2) is 5.41. The van der Waals surface area contributed by atoms with Gasteiger partial charge in [0, 0.05) is 36.4 Å². The van der Waals surface area contributed by atoms with Gasteiger partial charge in [-0.05, 0) is 18.1 Å². The first-order valence-corrected chi connectivity index (χ1v) is 6.74. The Bertz CT molecular complexity index is 773. The Morgan fingerprint density at radius 2 is 2.24 bits per heavy atom. The number of nitrogens with one attached hydrogen (secondary N) is 2. The Morgan fingerprint density at radius 3 is 3.00 bits per heavy atom. The summed E-state index contributed by atoms with van der Waals surface area (Å²) in [6.45, 7) is 0. The third-order valence-corrected chi connectivity index (χ3v) is 3.42. The van der Waals surface area contributed by atoms with Gasteiger partial charge in [0.25, 0.3) is 0 Å². The van der Waals surface area contributed by atoms with Crippen molar-refractivity contribution >= 4 is 22.6 Å². The van der Waals surface area contributed by atoms with Crippen molar-refractivity contribution in [3.63, 3.8) is 0 Å². The van der Waals surface area contributed by atoms with Crippen molar-refractivity contribution < 1.29 is 4.79 Å². The van der Waals surface area contributed by atoms with Crippen molar-refractivity contribution in [2.45, 2.75) is 12.5 Å². The highest BCUT2D eigenvalue weighted by Crippen LogP contribution is 2.19. The summed E-state index contributed by atoms with van der Waals surface area (Å²) in [6, 6.07) is 9.07. The van der Waals surface area contributed by atoms with Gasteiger partial charge in [0.05, 0.1) is 6.04 Å². The lowest BCUT2D eigenvalue weighted by molar-refractivity contribution is -0.117. The van der Waals surface area contributed by atoms with Gasteiger partial charge in [-0.15, -0.1) is 0 Å². The van der Waals surface area contributed by atoms with Crippen LogP contribution in [0, 0.1) is 0 Å². The first-order chi connectivity index (χ1) is 10.1. The standard InChI is InChI=1S/C15H17N5O/c1-20-7-6-14(19-20)18-15(21)12(16)8-10-9-17-13-5-3-2-4-11(10)13/h2-7,9,12,17H,8,16H2,1H3,(H,18,19,21). The SMILES string of the molecule is Cn1ccc(NC(=O)C(N)Cc2c[nH]c3ccccc23)n1. The number of anilines is 1. The number of benzene rings is 1. The van der Waals surface area contributed by atoms with Crippen molar-refractivity contribution in [3.8, 4) is 0 Å². The molecule has 0 saturated heterocycles. The number of rotatable bonds is 4. The minimum atomic E-state index is -0.619. The minimum absolute atomic E-state index is 0.237. The molecular weight excluding hydrogens is 266 g/mol. The van der Waals surface area contributed by atoms with E-state index in [1.54, 1.807) is 24.0 Å². The van der Waals surface area contributed by atoms with Gasteiger partial charge in [-0.25, -0.2) is 0 Å². The van der Waals surface area contributed by atoms with E-state index in [2.05, 4.69) is 15.4 Å². The normalized spacial score (nSPS) is 12.5. The summed E-state index contributed by atoms with van der Waals surface area (Å²) in [7, 11) is 1.79. The topological polar surface area (TPSA) is 88.7 Å². The molecule has 6 heteroatoms. The van der Waals surface area contributed by atoms with Crippen LogP contribution in [-0.4, -0.2) is 26.7 Å². The molecule has 21 heavy (non-hydrogen) atoms. The number of aromatic nitrogens is 3. The predicted molar refractivity (Wildman–Crippen MR) is 81.8 cm³/mol. The van der Waals surface area contributed by atoms with Crippen LogP contribution in [0.3, 0.4) is 0 Å². The number of aryl methyl sites for hydroxylation is 1. The zero-order valence-electron chi connectivity index (χ0n) is 11.7. The first kappa shape index (κ1) is 13.4. The van der Waals surface area contributed by atoms with Crippen LogP contribution in [0.5, 0.6) is 0 Å². The minimum Gasteiger partial charge on any atom is -0.361 e. The molecule has 0 fully saturated rings. The molecule has 0 spiro atoms. The Labute approximate surface area is 121 Å². The number of hydrogen-bond donors (Lipinski definition) is 3.